The number of hydrogen-bond acceptors (Lipinski definition) is 3. The Bertz CT molecular complexity index is 219. The Labute approximate surface area is 97.8 Å². The van der Waals surface area contributed by atoms with Crippen LogP contribution in [0.3, 0.4) is 0 Å². The van der Waals surface area contributed by atoms with Crippen LogP contribution in [0.25, 0.3) is 0 Å². The highest BCUT2D eigenvalue weighted by Crippen LogP contribution is 2.18. The van der Waals surface area contributed by atoms with E-state index in [2.05, 4.69) is 10.6 Å². The van der Waals surface area contributed by atoms with Crippen molar-refractivity contribution in [1.82, 2.24) is 10.6 Å². The van der Waals surface area contributed by atoms with Crippen LogP contribution in [0, 0.1) is 0 Å². The average Bonchev–Trinajstić information content (AvgIpc) is 2.19. The molecule has 1 rings (SSSR count). The first-order chi connectivity index (χ1) is 7.59. The van der Waals surface area contributed by atoms with E-state index < -0.39 is 0 Å². The molecule has 0 aromatic rings. The second-order valence-corrected chi connectivity index (χ2v) is 4.88. The standard InChI is InChI=1S/C12H24N2O2/c1-9(2)14-12(16)7-8-13-10-5-3-4-6-11(10)15/h9-11,13,15H,3-8H2,1-2H3,(H,14,16)/t10-,11-/m0/s1. The molecule has 0 saturated heterocycles. The molecule has 1 aliphatic rings. The molecule has 0 spiro atoms. The zero-order chi connectivity index (χ0) is 12.0. The number of carbonyl (C=O) groups excluding carboxylic acids is 1. The highest BCUT2D eigenvalue weighted by Gasteiger charge is 2.22. The van der Waals surface area contributed by atoms with Crippen LogP contribution in [-0.4, -0.2) is 35.7 Å². The van der Waals surface area contributed by atoms with Gasteiger partial charge in [0, 0.05) is 25.0 Å². The predicted octanol–water partition coefficient (Wildman–Crippen LogP) is 0.794. The van der Waals surface area contributed by atoms with Crippen molar-refractivity contribution in [3.8, 4) is 0 Å². The summed E-state index contributed by atoms with van der Waals surface area (Å²) in [5, 5.41) is 15.8. The molecule has 0 heterocycles. The summed E-state index contributed by atoms with van der Waals surface area (Å²) < 4.78 is 0. The van der Waals surface area contributed by atoms with E-state index in [0.717, 1.165) is 19.3 Å². The van der Waals surface area contributed by atoms with Crippen molar-refractivity contribution in [2.75, 3.05) is 6.54 Å². The molecule has 1 amide bonds. The molecule has 1 fully saturated rings. The molecule has 94 valence electrons. The summed E-state index contributed by atoms with van der Waals surface area (Å²) in [6, 6.07) is 0.383. The molecule has 4 heteroatoms. The van der Waals surface area contributed by atoms with Crippen molar-refractivity contribution >= 4 is 5.91 Å². The van der Waals surface area contributed by atoms with Gasteiger partial charge in [0.25, 0.3) is 0 Å². The summed E-state index contributed by atoms with van der Waals surface area (Å²) in [7, 11) is 0. The molecule has 16 heavy (non-hydrogen) atoms. The molecule has 1 saturated carbocycles. The Balaban J connectivity index is 2.12. The van der Waals surface area contributed by atoms with E-state index in [1.165, 1.54) is 6.42 Å². The first kappa shape index (κ1) is 13.5. The molecular formula is C12H24N2O2. The highest BCUT2D eigenvalue weighted by atomic mass is 16.3. The van der Waals surface area contributed by atoms with Gasteiger partial charge in [0.2, 0.25) is 5.91 Å². The van der Waals surface area contributed by atoms with Crippen molar-refractivity contribution in [1.29, 1.82) is 0 Å². The largest absolute Gasteiger partial charge is 0.392 e. The lowest BCUT2D eigenvalue weighted by molar-refractivity contribution is -0.121. The molecule has 3 N–H and O–H groups in total. The van der Waals surface area contributed by atoms with Crippen molar-refractivity contribution in [3.05, 3.63) is 0 Å². The van der Waals surface area contributed by atoms with E-state index in [-0.39, 0.29) is 24.1 Å². The lowest BCUT2D eigenvalue weighted by atomic mass is 9.92. The predicted molar refractivity (Wildman–Crippen MR) is 64.2 cm³/mol. The van der Waals surface area contributed by atoms with E-state index in [9.17, 15) is 9.90 Å². The van der Waals surface area contributed by atoms with Gasteiger partial charge in [0.15, 0.2) is 0 Å². The van der Waals surface area contributed by atoms with Crippen LogP contribution in [0.2, 0.25) is 0 Å². The van der Waals surface area contributed by atoms with Gasteiger partial charge in [-0.25, -0.2) is 0 Å². The molecule has 0 unspecified atom stereocenters. The van der Waals surface area contributed by atoms with E-state index >= 15 is 0 Å². The van der Waals surface area contributed by atoms with Crippen LogP contribution in [0.15, 0.2) is 0 Å². The van der Waals surface area contributed by atoms with Gasteiger partial charge in [-0.05, 0) is 26.7 Å². The number of amides is 1. The maximum absolute atomic E-state index is 11.4. The zero-order valence-electron chi connectivity index (χ0n) is 10.3. The van der Waals surface area contributed by atoms with Gasteiger partial charge in [-0.1, -0.05) is 12.8 Å². The number of nitrogens with one attached hydrogen (secondary N) is 2. The minimum atomic E-state index is -0.234. The molecule has 1 aliphatic carbocycles. The van der Waals surface area contributed by atoms with Crippen molar-refractivity contribution in [2.24, 2.45) is 0 Å². The van der Waals surface area contributed by atoms with Gasteiger partial charge in [0.05, 0.1) is 6.10 Å². The molecule has 0 aromatic heterocycles. The van der Waals surface area contributed by atoms with Crippen LogP contribution < -0.4 is 10.6 Å². The van der Waals surface area contributed by atoms with E-state index in [1.807, 2.05) is 13.8 Å². The Hall–Kier alpha value is -0.610. The smallest absolute Gasteiger partial charge is 0.221 e. The second kappa shape index (κ2) is 6.86. The summed E-state index contributed by atoms with van der Waals surface area (Å²) in [6.45, 7) is 4.56. The minimum absolute atomic E-state index is 0.0767. The number of aliphatic hydroxyl groups excluding tert-OH is 1. The summed E-state index contributed by atoms with van der Waals surface area (Å²) in [4.78, 5) is 11.4. The lowest BCUT2D eigenvalue weighted by Gasteiger charge is -2.28. The summed E-state index contributed by atoms with van der Waals surface area (Å²) >= 11 is 0. The fourth-order valence-corrected chi connectivity index (χ4v) is 2.11. The summed E-state index contributed by atoms with van der Waals surface area (Å²) in [5.74, 6) is 0.0767. The third kappa shape index (κ3) is 4.94. The number of rotatable bonds is 5. The summed E-state index contributed by atoms with van der Waals surface area (Å²) in [6.07, 6.45) is 4.45. The van der Waals surface area contributed by atoms with Crippen LogP contribution >= 0.6 is 0 Å². The van der Waals surface area contributed by atoms with Gasteiger partial charge >= 0.3 is 0 Å². The number of aliphatic hydroxyl groups is 1. The normalized spacial score (nSPS) is 25.8. The van der Waals surface area contributed by atoms with Gasteiger partial charge < -0.3 is 15.7 Å². The number of hydrogen-bond donors (Lipinski definition) is 3. The van der Waals surface area contributed by atoms with Gasteiger partial charge in [-0.15, -0.1) is 0 Å². The fourth-order valence-electron chi connectivity index (χ4n) is 2.11. The molecule has 0 bridgehead atoms. The first-order valence-corrected chi connectivity index (χ1v) is 6.30. The topological polar surface area (TPSA) is 61.4 Å². The van der Waals surface area contributed by atoms with Crippen LogP contribution in [0.4, 0.5) is 0 Å². The Morgan fingerprint density at radius 3 is 2.69 bits per heavy atom. The zero-order valence-corrected chi connectivity index (χ0v) is 10.3. The molecule has 2 atom stereocenters. The monoisotopic (exact) mass is 228 g/mol. The molecule has 4 nitrogen and oxygen atoms in total. The second-order valence-electron chi connectivity index (χ2n) is 4.88. The summed E-state index contributed by atoms with van der Waals surface area (Å²) in [5.41, 5.74) is 0. The van der Waals surface area contributed by atoms with Crippen molar-refractivity contribution in [2.45, 2.75) is 64.1 Å². The average molecular weight is 228 g/mol. The van der Waals surface area contributed by atoms with Crippen molar-refractivity contribution in [3.63, 3.8) is 0 Å². The highest BCUT2D eigenvalue weighted by molar-refractivity contribution is 5.76. The molecule has 0 radical (unpaired) electrons. The van der Waals surface area contributed by atoms with Gasteiger partial charge in [0.1, 0.15) is 0 Å². The van der Waals surface area contributed by atoms with Crippen LogP contribution in [0.1, 0.15) is 46.0 Å². The lowest BCUT2D eigenvalue weighted by Crippen LogP contribution is -2.43. The number of carbonyl (C=O) groups is 1. The first-order valence-electron chi connectivity index (χ1n) is 6.30. The molecular weight excluding hydrogens is 204 g/mol. The van der Waals surface area contributed by atoms with Crippen molar-refractivity contribution < 1.29 is 9.90 Å². The third-order valence-electron chi connectivity index (χ3n) is 2.94. The maximum Gasteiger partial charge on any atom is 0.221 e. The maximum atomic E-state index is 11.4. The molecule has 0 aliphatic heterocycles. The quantitative estimate of drug-likeness (QED) is 0.652. The van der Waals surface area contributed by atoms with Gasteiger partial charge in [-0.2, -0.15) is 0 Å². The Morgan fingerprint density at radius 1 is 1.38 bits per heavy atom. The molecule has 0 aromatic carbocycles. The van der Waals surface area contributed by atoms with E-state index in [0.29, 0.717) is 13.0 Å². The Morgan fingerprint density at radius 2 is 2.06 bits per heavy atom. The fraction of sp³-hybridized carbons (Fsp3) is 0.917. The van der Waals surface area contributed by atoms with Crippen LogP contribution in [-0.2, 0) is 4.79 Å². The van der Waals surface area contributed by atoms with E-state index in [4.69, 9.17) is 0 Å². The third-order valence-corrected chi connectivity index (χ3v) is 2.94. The van der Waals surface area contributed by atoms with Gasteiger partial charge in [-0.3, -0.25) is 4.79 Å². The van der Waals surface area contributed by atoms with Crippen LogP contribution in [0.5, 0.6) is 0 Å². The Kier molecular flexibility index (Phi) is 5.77. The SMILES string of the molecule is CC(C)NC(=O)CCN[C@H]1CCCC[C@@H]1O. The van der Waals surface area contributed by atoms with E-state index in [1.54, 1.807) is 0 Å². The minimum Gasteiger partial charge on any atom is -0.392 e.